The van der Waals surface area contributed by atoms with E-state index in [-0.39, 0.29) is 6.61 Å². The van der Waals surface area contributed by atoms with Crippen LogP contribution in [0, 0.1) is 0 Å². The Bertz CT molecular complexity index is 695. The number of nitrogens with one attached hydrogen (secondary N) is 1. The van der Waals surface area contributed by atoms with Gasteiger partial charge in [-0.2, -0.15) is 13.2 Å². The fourth-order valence-electron chi connectivity index (χ4n) is 3.58. The third-order valence-electron chi connectivity index (χ3n) is 5.26. The lowest BCUT2D eigenvalue weighted by molar-refractivity contribution is -0.0896. The van der Waals surface area contributed by atoms with Crippen LogP contribution in [-0.2, 0) is 6.54 Å². The van der Waals surface area contributed by atoms with E-state index in [1.165, 1.54) is 6.20 Å². The number of halogens is 3. The lowest BCUT2D eigenvalue weighted by atomic mass is 10.1. The topological polar surface area (TPSA) is 42.0 Å². The van der Waals surface area contributed by atoms with Gasteiger partial charge in [0, 0.05) is 70.8 Å². The van der Waals surface area contributed by atoms with Crippen LogP contribution in [0.1, 0.15) is 5.56 Å². The SMILES string of the molecule is OCCN1CCN(CCNc2ccc(CN3C=C(C(F)(F)F)C=CC3)cc2)CC1. The van der Waals surface area contributed by atoms with Crippen molar-refractivity contribution in [2.75, 3.05) is 64.3 Å². The maximum atomic E-state index is 12.8. The van der Waals surface area contributed by atoms with Crippen LogP contribution in [0.3, 0.4) is 0 Å². The molecule has 2 aliphatic rings. The molecule has 0 atom stereocenters. The summed E-state index contributed by atoms with van der Waals surface area (Å²) in [7, 11) is 0. The number of anilines is 1. The molecule has 0 unspecified atom stereocenters. The lowest BCUT2D eigenvalue weighted by Crippen LogP contribution is -2.48. The van der Waals surface area contributed by atoms with Gasteiger partial charge in [-0.3, -0.25) is 9.80 Å². The number of nitrogens with zero attached hydrogens (tertiary/aromatic N) is 3. The summed E-state index contributed by atoms with van der Waals surface area (Å²) in [6.07, 6.45) is -0.445. The molecule has 2 heterocycles. The van der Waals surface area contributed by atoms with Crippen LogP contribution in [0.25, 0.3) is 0 Å². The standard InChI is InChI=1S/C21H29F3N4O/c22-21(23,24)19-2-1-8-28(17-19)16-18-3-5-20(6-4-18)25-7-9-26-10-12-27(13-11-26)14-15-29/h1-6,17,25,29H,7-16H2. The van der Waals surface area contributed by atoms with E-state index in [0.29, 0.717) is 13.1 Å². The molecule has 1 aromatic carbocycles. The molecule has 0 radical (unpaired) electrons. The second-order valence-electron chi connectivity index (χ2n) is 7.44. The summed E-state index contributed by atoms with van der Waals surface area (Å²) >= 11 is 0. The van der Waals surface area contributed by atoms with Gasteiger partial charge in [0.15, 0.2) is 0 Å². The second kappa shape index (κ2) is 10.1. The molecular formula is C21H29F3N4O. The van der Waals surface area contributed by atoms with Crippen LogP contribution in [0.5, 0.6) is 0 Å². The van der Waals surface area contributed by atoms with E-state index < -0.39 is 11.7 Å². The van der Waals surface area contributed by atoms with Crippen LogP contribution < -0.4 is 5.32 Å². The predicted octanol–water partition coefficient (Wildman–Crippen LogP) is 2.53. The van der Waals surface area contributed by atoms with Crippen molar-refractivity contribution in [3.8, 4) is 0 Å². The van der Waals surface area contributed by atoms with Gasteiger partial charge in [0.1, 0.15) is 0 Å². The molecule has 1 aromatic rings. The average molecular weight is 410 g/mol. The fourth-order valence-corrected chi connectivity index (χ4v) is 3.58. The Morgan fingerprint density at radius 3 is 2.24 bits per heavy atom. The van der Waals surface area contributed by atoms with Crippen LogP contribution in [0.15, 0.2) is 48.2 Å². The molecule has 0 aromatic heterocycles. The van der Waals surface area contributed by atoms with E-state index >= 15 is 0 Å². The molecule has 5 nitrogen and oxygen atoms in total. The van der Waals surface area contributed by atoms with Crippen molar-refractivity contribution < 1.29 is 18.3 Å². The first-order chi connectivity index (χ1) is 13.9. The summed E-state index contributed by atoms with van der Waals surface area (Å²) in [4.78, 5) is 6.35. The van der Waals surface area contributed by atoms with Crippen molar-refractivity contribution in [1.82, 2.24) is 14.7 Å². The quantitative estimate of drug-likeness (QED) is 0.690. The number of benzene rings is 1. The van der Waals surface area contributed by atoms with Crippen LogP contribution in [0.2, 0.25) is 0 Å². The van der Waals surface area contributed by atoms with Crippen molar-refractivity contribution >= 4 is 5.69 Å². The molecule has 160 valence electrons. The first-order valence-corrected chi connectivity index (χ1v) is 10.0. The first-order valence-electron chi connectivity index (χ1n) is 10.0. The Labute approximate surface area is 170 Å². The van der Waals surface area contributed by atoms with Gasteiger partial charge >= 0.3 is 6.18 Å². The van der Waals surface area contributed by atoms with Gasteiger partial charge in [-0.05, 0) is 17.7 Å². The molecule has 0 bridgehead atoms. The molecular weight excluding hydrogens is 381 g/mol. The predicted molar refractivity (Wildman–Crippen MR) is 109 cm³/mol. The van der Waals surface area contributed by atoms with Crippen LogP contribution in [-0.4, -0.2) is 84.9 Å². The number of aliphatic hydroxyl groups excluding tert-OH is 1. The van der Waals surface area contributed by atoms with E-state index in [2.05, 4.69) is 15.1 Å². The van der Waals surface area contributed by atoms with Gasteiger partial charge in [0.2, 0.25) is 0 Å². The zero-order valence-corrected chi connectivity index (χ0v) is 16.5. The van der Waals surface area contributed by atoms with Gasteiger partial charge in [-0.25, -0.2) is 0 Å². The van der Waals surface area contributed by atoms with Crippen LogP contribution in [0.4, 0.5) is 18.9 Å². The first kappa shape index (κ1) is 21.7. The Kier molecular flexibility index (Phi) is 7.57. The molecule has 2 aliphatic heterocycles. The summed E-state index contributed by atoms with van der Waals surface area (Å²) in [6, 6.07) is 7.86. The molecule has 3 rings (SSSR count). The fraction of sp³-hybridized carbons (Fsp3) is 0.524. The average Bonchev–Trinajstić information content (AvgIpc) is 2.70. The lowest BCUT2D eigenvalue weighted by Gasteiger charge is -2.34. The minimum absolute atomic E-state index is 0.214. The number of rotatable bonds is 8. The van der Waals surface area contributed by atoms with Crippen LogP contribution >= 0.6 is 0 Å². The number of hydrogen-bond acceptors (Lipinski definition) is 5. The molecule has 1 saturated heterocycles. The Morgan fingerprint density at radius 2 is 1.62 bits per heavy atom. The zero-order valence-electron chi connectivity index (χ0n) is 16.5. The molecule has 29 heavy (non-hydrogen) atoms. The largest absolute Gasteiger partial charge is 0.417 e. The number of β-amino-alcohol motifs (C(OH)–C–C–N with tert-alkyl or cyclic N) is 1. The summed E-state index contributed by atoms with van der Waals surface area (Å²) in [5.41, 5.74) is 1.38. The maximum absolute atomic E-state index is 12.8. The van der Waals surface area contributed by atoms with Gasteiger partial charge in [-0.15, -0.1) is 0 Å². The molecule has 0 amide bonds. The van der Waals surface area contributed by atoms with Gasteiger partial charge in [-0.1, -0.05) is 24.3 Å². The van der Waals surface area contributed by atoms with Gasteiger partial charge in [0.25, 0.3) is 0 Å². The number of alkyl halides is 3. The molecule has 0 saturated carbocycles. The molecule has 2 N–H and O–H groups in total. The third kappa shape index (κ3) is 6.76. The van der Waals surface area contributed by atoms with Crippen molar-refractivity contribution in [3.63, 3.8) is 0 Å². The van der Waals surface area contributed by atoms with E-state index in [1.54, 1.807) is 11.0 Å². The van der Waals surface area contributed by atoms with E-state index in [9.17, 15) is 13.2 Å². The summed E-state index contributed by atoms with van der Waals surface area (Å²) in [5.74, 6) is 0. The second-order valence-corrected chi connectivity index (χ2v) is 7.44. The summed E-state index contributed by atoms with van der Waals surface area (Å²) < 4.78 is 38.5. The van der Waals surface area contributed by atoms with Crippen molar-refractivity contribution in [2.45, 2.75) is 12.7 Å². The number of hydrogen-bond donors (Lipinski definition) is 2. The number of allylic oxidation sites excluding steroid dienone is 2. The zero-order chi connectivity index (χ0) is 20.7. The monoisotopic (exact) mass is 410 g/mol. The highest BCUT2D eigenvalue weighted by atomic mass is 19.4. The minimum Gasteiger partial charge on any atom is -0.395 e. The minimum atomic E-state index is -4.31. The Balaban J connectivity index is 1.40. The van der Waals surface area contributed by atoms with Crippen molar-refractivity contribution in [3.05, 3.63) is 53.8 Å². The highest BCUT2D eigenvalue weighted by molar-refractivity contribution is 5.44. The third-order valence-corrected chi connectivity index (χ3v) is 5.26. The van der Waals surface area contributed by atoms with Crippen molar-refractivity contribution in [1.29, 1.82) is 0 Å². The smallest absolute Gasteiger partial charge is 0.395 e. The molecule has 1 fully saturated rings. The Hall–Kier alpha value is -2.03. The normalized spacial score (nSPS) is 18.8. The highest BCUT2D eigenvalue weighted by Crippen LogP contribution is 2.29. The number of piperazine rings is 1. The maximum Gasteiger partial charge on any atom is 0.417 e. The van der Waals surface area contributed by atoms with E-state index in [0.717, 1.165) is 63.1 Å². The highest BCUT2D eigenvalue weighted by Gasteiger charge is 2.33. The van der Waals surface area contributed by atoms with E-state index in [1.807, 2.05) is 24.3 Å². The molecule has 0 spiro atoms. The summed E-state index contributed by atoms with van der Waals surface area (Å²) in [5, 5.41) is 12.4. The van der Waals surface area contributed by atoms with Crippen molar-refractivity contribution in [2.24, 2.45) is 0 Å². The van der Waals surface area contributed by atoms with Gasteiger partial charge < -0.3 is 15.3 Å². The molecule has 0 aliphatic carbocycles. The van der Waals surface area contributed by atoms with E-state index in [4.69, 9.17) is 5.11 Å². The summed E-state index contributed by atoms with van der Waals surface area (Å²) in [6.45, 7) is 7.69. The Morgan fingerprint density at radius 1 is 0.966 bits per heavy atom. The molecule has 8 heteroatoms. The van der Waals surface area contributed by atoms with Gasteiger partial charge in [0.05, 0.1) is 12.2 Å². The number of aliphatic hydroxyl groups is 1.